The number of likely N-dealkylation sites (N-methyl/N-ethyl adjacent to an activating group) is 1. The van der Waals surface area contributed by atoms with Crippen LogP contribution in [0.25, 0.3) is 0 Å². The lowest BCUT2D eigenvalue weighted by atomic mass is 10.1. The molecule has 0 aliphatic rings. The fraction of sp³-hybridized carbons (Fsp3) is 0.455. The van der Waals surface area contributed by atoms with Gasteiger partial charge >= 0.3 is 0 Å². The lowest BCUT2D eigenvalue weighted by molar-refractivity contribution is 0.413. The number of hydrogen-bond acceptors (Lipinski definition) is 3. The van der Waals surface area contributed by atoms with Crippen LogP contribution >= 0.6 is 0 Å². The highest BCUT2D eigenvalue weighted by molar-refractivity contribution is 5.22. The van der Waals surface area contributed by atoms with Crippen LogP contribution in [0.15, 0.2) is 24.3 Å². The highest BCUT2D eigenvalue weighted by Gasteiger charge is 1.95. The first-order valence-corrected chi connectivity index (χ1v) is 4.88. The SMILES string of the molecule is CN(C)CCc1ccc(CNN)cc1. The van der Waals surface area contributed by atoms with Crippen molar-refractivity contribution in [2.45, 2.75) is 13.0 Å². The lowest BCUT2D eigenvalue weighted by Gasteiger charge is -2.09. The molecule has 0 bridgehead atoms. The summed E-state index contributed by atoms with van der Waals surface area (Å²) in [4.78, 5) is 2.19. The zero-order valence-corrected chi connectivity index (χ0v) is 8.96. The minimum atomic E-state index is 0.730. The molecular formula is C11H19N3. The van der Waals surface area contributed by atoms with Crippen molar-refractivity contribution >= 4 is 0 Å². The third kappa shape index (κ3) is 3.87. The molecule has 0 saturated heterocycles. The van der Waals surface area contributed by atoms with E-state index in [0.717, 1.165) is 19.5 Å². The molecule has 0 radical (unpaired) electrons. The van der Waals surface area contributed by atoms with E-state index in [1.54, 1.807) is 0 Å². The molecule has 0 saturated carbocycles. The molecule has 0 aliphatic carbocycles. The number of benzene rings is 1. The van der Waals surface area contributed by atoms with Gasteiger partial charge in [-0.25, -0.2) is 0 Å². The van der Waals surface area contributed by atoms with E-state index in [1.165, 1.54) is 11.1 Å². The largest absolute Gasteiger partial charge is 0.309 e. The predicted molar refractivity (Wildman–Crippen MR) is 59.7 cm³/mol. The summed E-state index contributed by atoms with van der Waals surface area (Å²) >= 11 is 0. The highest BCUT2D eigenvalue weighted by Crippen LogP contribution is 2.04. The van der Waals surface area contributed by atoms with Crippen LogP contribution in [0.3, 0.4) is 0 Å². The summed E-state index contributed by atoms with van der Waals surface area (Å²) in [6.45, 7) is 1.82. The Hall–Kier alpha value is -0.900. The Morgan fingerprint density at radius 3 is 2.21 bits per heavy atom. The molecule has 1 rings (SSSR count). The van der Waals surface area contributed by atoms with E-state index >= 15 is 0 Å². The standard InChI is InChI=1S/C11H19N3/c1-14(2)8-7-10-3-5-11(6-4-10)9-13-12/h3-6,13H,7-9,12H2,1-2H3. The van der Waals surface area contributed by atoms with Gasteiger partial charge in [-0.2, -0.15) is 0 Å². The summed E-state index contributed by atoms with van der Waals surface area (Å²) in [7, 11) is 4.18. The second kappa shape index (κ2) is 5.75. The number of nitrogens with two attached hydrogens (primary N) is 1. The summed E-state index contributed by atoms with van der Waals surface area (Å²) < 4.78 is 0. The van der Waals surface area contributed by atoms with Crippen molar-refractivity contribution < 1.29 is 0 Å². The molecule has 14 heavy (non-hydrogen) atoms. The fourth-order valence-corrected chi connectivity index (χ4v) is 1.29. The van der Waals surface area contributed by atoms with Crippen LogP contribution in [0.2, 0.25) is 0 Å². The van der Waals surface area contributed by atoms with Crippen molar-refractivity contribution in [3.8, 4) is 0 Å². The van der Waals surface area contributed by atoms with Crippen molar-refractivity contribution in [2.24, 2.45) is 5.84 Å². The van der Waals surface area contributed by atoms with Crippen LogP contribution in [0, 0.1) is 0 Å². The Labute approximate surface area is 85.9 Å². The summed E-state index contributed by atoms with van der Waals surface area (Å²) in [6.07, 6.45) is 1.10. The molecule has 1 aromatic carbocycles. The number of nitrogens with one attached hydrogen (secondary N) is 1. The van der Waals surface area contributed by atoms with E-state index in [4.69, 9.17) is 5.84 Å². The average molecular weight is 193 g/mol. The molecule has 3 nitrogen and oxygen atoms in total. The molecule has 0 atom stereocenters. The van der Waals surface area contributed by atoms with E-state index < -0.39 is 0 Å². The Morgan fingerprint density at radius 2 is 1.71 bits per heavy atom. The molecule has 0 spiro atoms. The molecule has 0 aliphatic heterocycles. The first-order valence-electron chi connectivity index (χ1n) is 4.88. The Bertz CT molecular complexity index is 254. The van der Waals surface area contributed by atoms with Crippen molar-refractivity contribution in [3.63, 3.8) is 0 Å². The van der Waals surface area contributed by atoms with E-state index in [1.807, 2.05) is 0 Å². The minimum Gasteiger partial charge on any atom is -0.309 e. The van der Waals surface area contributed by atoms with Gasteiger partial charge in [0.1, 0.15) is 0 Å². The number of nitrogens with zero attached hydrogens (tertiary/aromatic N) is 1. The lowest BCUT2D eigenvalue weighted by Crippen LogP contribution is -2.20. The van der Waals surface area contributed by atoms with Crippen LogP contribution in [0.4, 0.5) is 0 Å². The molecule has 0 aromatic heterocycles. The zero-order valence-electron chi connectivity index (χ0n) is 8.96. The molecule has 0 unspecified atom stereocenters. The number of hydrazine groups is 1. The fourth-order valence-electron chi connectivity index (χ4n) is 1.29. The first kappa shape index (κ1) is 11.2. The van der Waals surface area contributed by atoms with Gasteiger partial charge in [-0.05, 0) is 31.6 Å². The topological polar surface area (TPSA) is 41.3 Å². The quantitative estimate of drug-likeness (QED) is 0.536. The maximum absolute atomic E-state index is 5.24. The van der Waals surface area contributed by atoms with Crippen LogP contribution in [0.5, 0.6) is 0 Å². The second-order valence-corrected chi connectivity index (χ2v) is 3.75. The molecular weight excluding hydrogens is 174 g/mol. The summed E-state index contributed by atoms with van der Waals surface area (Å²) in [5.41, 5.74) is 5.24. The molecule has 0 heterocycles. The van der Waals surface area contributed by atoms with Gasteiger partial charge in [0.25, 0.3) is 0 Å². The monoisotopic (exact) mass is 193 g/mol. The summed E-state index contributed by atoms with van der Waals surface area (Å²) in [5.74, 6) is 5.24. The van der Waals surface area contributed by atoms with E-state index in [2.05, 4.69) is 48.7 Å². The average Bonchev–Trinajstić information content (AvgIpc) is 2.17. The third-order valence-corrected chi connectivity index (χ3v) is 2.18. The predicted octanol–water partition coefficient (Wildman–Crippen LogP) is 0.754. The molecule has 1 aromatic rings. The van der Waals surface area contributed by atoms with Gasteiger partial charge in [-0.3, -0.25) is 11.3 Å². The Kier molecular flexibility index (Phi) is 4.59. The molecule has 3 N–H and O–H groups in total. The van der Waals surface area contributed by atoms with Gasteiger partial charge in [0.05, 0.1) is 0 Å². The normalized spacial score (nSPS) is 10.9. The smallest absolute Gasteiger partial charge is 0.0348 e. The summed E-state index contributed by atoms with van der Waals surface area (Å²) in [6, 6.07) is 8.56. The third-order valence-electron chi connectivity index (χ3n) is 2.18. The Balaban J connectivity index is 2.46. The van der Waals surface area contributed by atoms with Gasteiger partial charge in [-0.15, -0.1) is 0 Å². The van der Waals surface area contributed by atoms with Crippen LogP contribution in [0.1, 0.15) is 11.1 Å². The van der Waals surface area contributed by atoms with Crippen molar-refractivity contribution in [3.05, 3.63) is 35.4 Å². The van der Waals surface area contributed by atoms with E-state index in [-0.39, 0.29) is 0 Å². The highest BCUT2D eigenvalue weighted by atomic mass is 15.2. The van der Waals surface area contributed by atoms with Gasteiger partial charge in [-0.1, -0.05) is 24.3 Å². The van der Waals surface area contributed by atoms with Crippen molar-refractivity contribution in [1.29, 1.82) is 0 Å². The van der Waals surface area contributed by atoms with Gasteiger partial charge in [0.2, 0.25) is 0 Å². The first-order chi connectivity index (χ1) is 6.72. The number of hydrogen-bond donors (Lipinski definition) is 2. The molecule has 0 fully saturated rings. The summed E-state index contributed by atoms with van der Waals surface area (Å²) in [5, 5.41) is 0. The maximum Gasteiger partial charge on any atom is 0.0348 e. The van der Waals surface area contributed by atoms with Gasteiger partial charge in [0.15, 0.2) is 0 Å². The number of rotatable bonds is 5. The van der Waals surface area contributed by atoms with Gasteiger partial charge < -0.3 is 4.90 Å². The van der Waals surface area contributed by atoms with E-state index in [9.17, 15) is 0 Å². The van der Waals surface area contributed by atoms with Crippen molar-refractivity contribution in [1.82, 2.24) is 10.3 Å². The Morgan fingerprint density at radius 1 is 1.14 bits per heavy atom. The molecule has 0 amide bonds. The minimum absolute atomic E-state index is 0.730. The van der Waals surface area contributed by atoms with Crippen molar-refractivity contribution in [2.75, 3.05) is 20.6 Å². The maximum atomic E-state index is 5.24. The zero-order chi connectivity index (χ0) is 10.4. The molecule has 3 heteroatoms. The van der Waals surface area contributed by atoms with Crippen LogP contribution in [-0.4, -0.2) is 25.5 Å². The molecule has 78 valence electrons. The van der Waals surface area contributed by atoms with E-state index in [0.29, 0.717) is 0 Å². The van der Waals surface area contributed by atoms with Crippen LogP contribution < -0.4 is 11.3 Å². The van der Waals surface area contributed by atoms with Crippen LogP contribution in [-0.2, 0) is 13.0 Å². The van der Waals surface area contributed by atoms with Gasteiger partial charge in [0, 0.05) is 13.1 Å². The second-order valence-electron chi connectivity index (χ2n) is 3.75.